The fourth-order valence-corrected chi connectivity index (χ4v) is 4.55. The van der Waals surface area contributed by atoms with E-state index in [9.17, 15) is 9.59 Å². The number of hydrogen-bond acceptors (Lipinski definition) is 4. The van der Waals surface area contributed by atoms with Crippen LogP contribution in [0, 0.1) is 11.8 Å². The van der Waals surface area contributed by atoms with Gasteiger partial charge in [0.25, 0.3) is 11.8 Å². The maximum Gasteiger partial charge on any atom is 0.262 e. The molecule has 0 aliphatic carbocycles. The molecule has 1 N–H and O–H groups in total. The molecule has 2 amide bonds. The van der Waals surface area contributed by atoms with Gasteiger partial charge in [0.15, 0.2) is 6.61 Å². The molecule has 2 heterocycles. The largest absolute Gasteiger partial charge is 0.481 e. The molecule has 2 unspecified atom stereocenters. The van der Waals surface area contributed by atoms with Crippen molar-refractivity contribution in [2.75, 3.05) is 25.0 Å². The van der Waals surface area contributed by atoms with Crippen LogP contribution in [0.5, 0.6) is 5.75 Å². The van der Waals surface area contributed by atoms with E-state index in [0.717, 1.165) is 24.9 Å². The number of piperidine rings is 1. The van der Waals surface area contributed by atoms with Crippen molar-refractivity contribution in [1.29, 1.82) is 0 Å². The highest BCUT2D eigenvalue weighted by Gasteiger charge is 2.27. The number of likely N-dealkylation sites (tertiary alicyclic amines) is 1. The standard InChI is InChI=1S/C25H26ClN3O3/c1-16-12-17(2)14-29(13-16)25(31)19-6-3-4-8-21(19)28-23(30)15-32-22-10-9-20(26)18-7-5-11-27-24(18)22/h3-11,16-17H,12-15H2,1-2H3,(H,28,30). The Kier molecular flexibility index (Phi) is 6.61. The van der Waals surface area contributed by atoms with Gasteiger partial charge in [0.2, 0.25) is 0 Å². The number of nitrogens with zero attached hydrogens (tertiary/aromatic N) is 2. The summed E-state index contributed by atoms with van der Waals surface area (Å²) in [7, 11) is 0. The number of carbonyl (C=O) groups excluding carboxylic acids is 2. The van der Waals surface area contributed by atoms with Crippen LogP contribution in [0.1, 0.15) is 30.6 Å². The molecule has 2 atom stereocenters. The summed E-state index contributed by atoms with van der Waals surface area (Å²) in [5.41, 5.74) is 1.56. The van der Waals surface area contributed by atoms with Crippen LogP contribution in [-0.2, 0) is 4.79 Å². The molecule has 3 aromatic rings. The van der Waals surface area contributed by atoms with Crippen LogP contribution in [0.2, 0.25) is 5.02 Å². The minimum absolute atomic E-state index is 0.0619. The van der Waals surface area contributed by atoms with Crippen molar-refractivity contribution < 1.29 is 14.3 Å². The molecule has 7 heteroatoms. The van der Waals surface area contributed by atoms with Gasteiger partial charge in [-0.15, -0.1) is 0 Å². The molecule has 0 saturated carbocycles. The van der Waals surface area contributed by atoms with Crippen molar-refractivity contribution in [3.63, 3.8) is 0 Å². The highest BCUT2D eigenvalue weighted by Crippen LogP contribution is 2.30. The molecule has 1 aliphatic rings. The summed E-state index contributed by atoms with van der Waals surface area (Å²) in [4.78, 5) is 32.0. The Bertz CT molecular complexity index is 1140. The number of halogens is 1. The van der Waals surface area contributed by atoms with Crippen LogP contribution in [0.15, 0.2) is 54.7 Å². The van der Waals surface area contributed by atoms with E-state index in [1.165, 1.54) is 0 Å². The van der Waals surface area contributed by atoms with Gasteiger partial charge in [-0.25, -0.2) is 0 Å². The third-order valence-corrected chi connectivity index (χ3v) is 5.96. The fourth-order valence-electron chi connectivity index (χ4n) is 4.34. The van der Waals surface area contributed by atoms with Crippen LogP contribution in [-0.4, -0.2) is 41.4 Å². The molecule has 6 nitrogen and oxygen atoms in total. The van der Waals surface area contributed by atoms with Gasteiger partial charge >= 0.3 is 0 Å². The Morgan fingerprint density at radius 1 is 1.09 bits per heavy atom. The zero-order valence-corrected chi connectivity index (χ0v) is 18.9. The van der Waals surface area contributed by atoms with E-state index < -0.39 is 0 Å². The summed E-state index contributed by atoms with van der Waals surface area (Å²) in [6.45, 7) is 5.57. The van der Waals surface area contributed by atoms with E-state index in [1.54, 1.807) is 42.6 Å². The van der Waals surface area contributed by atoms with Crippen molar-refractivity contribution in [2.24, 2.45) is 11.8 Å². The highest BCUT2D eigenvalue weighted by molar-refractivity contribution is 6.35. The molecule has 166 valence electrons. The van der Waals surface area contributed by atoms with Gasteiger partial charge in [-0.2, -0.15) is 0 Å². The first-order valence-electron chi connectivity index (χ1n) is 10.8. The number of rotatable bonds is 5. The second-order valence-corrected chi connectivity index (χ2v) is 8.89. The van der Waals surface area contributed by atoms with E-state index in [-0.39, 0.29) is 18.4 Å². The molecule has 0 spiro atoms. The van der Waals surface area contributed by atoms with Crippen molar-refractivity contribution >= 4 is 40.0 Å². The second-order valence-electron chi connectivity index (χ2n) is 8.48. The van der Waals surface area contributed by atoms with Gasteiger partial charge < -0.3 is 15.0 Å². The molecule has 4 rings (SSSR count). The molecule has 2 aromatic carbocycles. The lowest BCUT2D eigenvalue weighted by atomic mass is 9.91. The summed E-state index contributed by atoms with van der Waals surface area (Å²) in [5.74, 6) is 0.972. The molecule has 0 radical (unpaired) electrons. The van der Waals surface area contributed by atoms with Gasteiger partial charge in [0.1, 0.15) is 11.3 Å². The Hall–Kier alpha value is -3.12. The number of ether oxygens (including phenoxy) is 1. The first-order chi connectivity index (χ1) is 15.4. The first kappa shape index (κ1) is 22.1. The van der Waals surface area contributed by atoms with Crippen LogP contribution in [0.25, 0.3) is 10.9 Å². The third-order valence-electron chi connectivity index (χ3n) is 5.63. The van der Waals surface area contributed by atoms with Crippen LogP contribution in [0.3, 0.4) is 0 Å². The van der Waals surface area contributed by atoms with E-state index >= 15 is 0 Å². The lowest BCUT2D eigenvalue weighted by Gasteiger charge is -2.35. The Morgan fingerprint density at radius 2 is 1.84 bits per heavy atom. The Balaban J connectivity index is 1.46. The molecule has 1 fully saturated rings. The number of hydrogen-bond donors (Lipinski definition) is 1. The zero-order valence-electron chi connectivity index (χ0n) is 18.2. The topological polar surface area (TPSA) is 71.5 Å². The van der Waals surface area contributed by atoms with Gasteiger partial charge in [-0.1, -0.05) is 37.6 Å². The van der Waals surface area contributed by atoms with Gasteiger partial charge in [0.05, 0.1) is 16.3 Å². The summed E-state index contributed by atoms with van der Waals surface area (Å²) in [6.07, 6.45) is 2.77. The van der Waals surface area contributed by atoms with E-state index in [1.807, 2.05) is 17.0 Å². The minimum Gasteiger partial charge on any atom is -0.481 e. The van der Waals surface area contributed by atoms with Gasteiger partial charge in [-0.3, -0.25) is 14.6 Å². The number of fused-ring (bicyclic) bond motifs is 1. The summed E-state index contributed by atoms with van der Waals surface area (Å²) < 4.78 is 5.72. The van der Waals surface area contributed by atoms with Crippen molar-refractivity contribution in [2.45, 2.75) is 20.3 Å². The van der Waals surface area contributed by atoms with Crippen molar-refractivity contribution in [1.82, 2.24) is 9.88 Å². The molecular weight excluding hydrogens is 426 g/mol. The summed E-state index contributed by atoms with van der Waals surface area (Å²) >= 11 is 6.22. The number of amides is 2. The van der Waals surface area contributed by atoms with E-state index in [0.29, 0.717) is 39.4 Å². The molecule has 1 aliphatic heterocycles. The number of pyridine rings is 1. The SMILES string of the molecule is CC1CC(C)CN(C(=O)c2ccccc2NC(=O)COc2ccc(Cl)c3cccnc23)C1. The summed E-state index contributed by atoms with van der Waals surface area (Å²) in [6, 6.07) is 14.1. The van der Waals surface area contributed by atoms with Crippen molar-refractivity contribution in [3.05, 3.63) is 65.3 Å². The number of carbonyl (C=O) groups is 2. The molecule has 1 aromatic heterocycles. The molecule has 32 heavy (non-hydrogen) atoms. The third kappa shape index (κ3) is 4.86. The fraction of sp³-hybridized carbons (Fsp3) is 0.320. The maximum absolute atomic E-state index is 13.2. The van der Waals surface area contributed by atoms with Gasteiger partial charge in [0, 0.05) is 24.7 Å². The predicted molar refractivity (Wildman–Crippen MR) is 126 cm³/mol. The van der Waals surface area contributed by atoms with Crippen LogP contribution in [0.4, 0.5) is 5.69 Å². The van der Waals surface area contributed by atoms with E-state index in [2.05, 4.69) is 24.1 Å². The Labute approximate surface area is 192 Å². The summed E-state index contributed by atoms with van der Waals surface area (Å²) in [5, 5.41) is 4.15. The molecule has 1 saturated heterocycles. The zero-order chi connectivity index (χ0) is 22.7. The number of para-hydroxylation sites is 1. The quantitative estimate of drug-likeness (QED) is 0.591. The molecular formula is C25H26ClN3O3. The first-order valence-corrected chi connectivity index (χ1v) is 11.1. The second kappa shape index (κ2) is 9.57. The number of anilines is 1. The minimum atomic E-state index is -0.357. The van der Waals surface area contributed by atoms with Crippen LogP contribution < -0.4 is 10.1 Å². The number of benzene rings is 2. The van der Waals surface area contributed by atoms with Crippen molar-refractivity contribution in [3.8, 4) is 5.75 Å². The molecule has 0 bridgehead atoms. The lowest BCUT2D eigenvalue weighted by Crippen LogP contribution is -2.42. The maximum atomic E-state index is 13.2. The smallest absolute Gasteiger partial charge is 0.262 e. The Morgan fingerprint density at radius 3 is 2.62 bits per heavy atom. The predicted octanol–water partition coefficient (Wildman–Crippen LogP) is 5.02. The number of nitrogens with one attached hydrogen (secondary N) is 1. The normalized spacial score (nSPS) is 18.4. The van der Waals surface area contributed by atoms with Crippen LogP contribution >= 0.6 is 11.6 Å². The monoisotopic (exact) mass is 451 g/mol. The number of aromatic nitrogens is 1. The average Bonchev–Trinajstić information content (AvgIpc) is 2.78. The van der Waals surface area contributed by atoms with Gasteiger partial charge in [-0.05, 0) is 54.7 Å². The average molecular weight is 452 g/mol. The van der Waals surface area contributed by atoms with E-state index in [4.69, 9.17) is 16.3 Å². The lowest BCUT2D eigenvalue weighted by molar-refractivity contribution is -0.118. The highest BCUT2D eigenvalue weighted by atomic mass is 35.5.